The SMILES string of the molecule is O=C1NS(=O)(=O)C[C@@H](C2CC2)C/C=C/[C@H](O)[C@@H]2CC[C@H]2CN2C[C@@]3(CCCc4cc(Cl)ccc43)COc3ccc1cc32.O=C1NS(=O)(=O)C[C@H](C2CC2)C/C=C/[C@H](O)[C@@H]2CC[C@H]2CN2C[C@@]3(CCCc4cc(Cl)ccc43)COc3ccc1cc32. The molecule has 18 heteroatoms. The molecule has 2 amide bonds. The van der Waals surface area contributed by atoms with Gasteiger partial charge in [-0.3, -0.25) is 9.59 Å². The first-order valence-electron chi connectivity index (χ1n) is 30.8. The number of nitrogens with one attached hydrogen (secondary N) is 2. The molecular formula is C66H78Cl2N4O10S2. The number of nitrogens with zero attached hydrogens (tertiary/aromatic N) is 2. The maximum atomic E-state index is 13.3. The number of aliphatic hydroxyl groups excluding tert-OH is 2. The van der Waals surface area contributed by atoms with Gasteiger partial charge in [-0.15, -0.1) is 0 Å². The average molecular weight is 1220 g/mol. The van der Waals surface area contributed by atoms with E-state index in [4.69, 9.17) is 32.7 Å². The molecule has 448 valence electrons. The number of carbonyl (C=O) groups excluding carboxylic acids is 2. The summed E-state index contributed by atoms with van der Waals surface area (Å²) in [6, 6.07) is 22.9. The van der Waals surface area contributed by atoms with Crippen molar-refractivity contribution in [1.29, 1.82) is 0 Å². The van der Waals surface area contributed by atoms with E-state index in [9.17, 15) is 36.6 Å². The summed E-state index contributed by atoms with van der Waals surface area (Å²) in [6.07, 6.45) is 21.7. The van der Waals surface area contributed by atoms with Crippen molar-refractivity contribution in [3.63, 3.8) is 0 Å². The molecule has 4 aliphatic heterocycles. The third-order valence-electron chi connectivity index (χ3n) is 20.8. The highest BCUT2D eigenvalue weighted by atomic mass is 35.5. The summed E-state index contributed by atoms with van der Waals surface area (Å²) in [5.41, 5.74) is 6.76. The Bertz CT molecular complexity index is 3270. The zero-order valence-corrected chi connectivity index (χ0v) is 50.8. The number of rotatable bonds is 2. The van der Waals surface area contributed by atoms with E-state index in [1.165, 1.54) is 22.3 Å². The number of carbonyl (C=O) groups is 2. The third kappa shape index (κ3) is 12.2. The Hall–Kier alpha value is -5.10. The van der Waals surface area contributed by atoms with Gasteiger partial charge in [-0.1, -0.05) is 59.6 Å². The molecule has 10 aliphatic rings. The Balaban J connectivity index is 0.000000157. The normalized spacial score (nSPS) is 33.3. The van der Waals surface area contributed by atoms with Crippen LogP contribution < -0.4 is 28.7 Å². The molecule has 4 N–H and O–H groups in total. The second-order valence-electron chi connectivity index (χ2n) is 26.5. The van der Waals surface area contributed by atoms with E-state index < -0.39 is 44.1 Å². The third-order valence-corrected chi connectivity index (χ3v) is 24.0. The highest BCUT2D eigenvalue weighted by Crippen LogP contribution is 2.50. The molecule has 6 aliphatic carbocycles. The molecule has 4 aromatic rings. The molecule has 4 heterocycles. The summed E-state index contributed by atoms with van der Waals surface area (Å²) >= 11 is 12.8. The van der Waals surface area contributed by atoms with Gasteiger partial charge < -0.3 is 29.5 Å². The van der Waals surface area contributed by atoms with Crippen molar-refractivity contribution in [3.8, 4) is 11.5 Å². The van der Waals surface area contributed by atoms with Crippen LogP contribution in [0.4, 0.5) is 11.4 Å². The van der Waals surface area contributed by atoms with Crippen LogP contribution >= 0.6 is 23.2 Å². The number of amides is 2. The van der Waals surface area contributed by atoms with E-state index in [0.717, 1.165) is 124 Å². The van der Waals surface area contributed by atoms with E-state index in [1.807, 2.05) is 36.4 Å². The van der Waals surface area contributed by atoms with Crippen LogP contribution in [0.25, 0.3) is 0 Å². The summed E-state index contributed by atoms with van der Waals surface area (Å²) in [4.78, 5) is 31.3. The van der Waals surface area contributed by atoms with E-state index in [1.54, 1.807) is 36.4 Å². The number of hydrogen-bond donors (Lipinski definition) is 4. The van der Waals surface area contributed by atoms with Crippen molar-refractivity contribution in [2.24, 2.45) is 47.3 Å². The molecule has 84 heavy (non-hydrogen) atoms. The average Bonchev–Trinajstić information content (AvgIpc) is 2.94. The van der Waals surface area contributed by atoms with Crippen LogP contribution in [-0.4, -0.2) is 102 Å². The van der Waals surface area contributed by atoms with Crippen LogP contribution in [0.15, 0.2) is 97.1 Å². The number of ether oxygens (including phenoxy) is 2. The van der Waals surface area contributed by atoms with Crippen molar-refractivity contribution < 1.29 is 46.1 Å². The molecule has 4 fully saturated rings. The quantitative estimate of drug-likeness (QED) is 0.139. The topological polar surface area (TPSA) is 192 Å². The zero-order valence-electron chi connectivity index (χ0n) is 47.6. The molecule has 0 saturated heterocycles. The number of sulfonamides is 2. The first-order valence-corrected chi connectivity index (χ1v) is 34.9. The monoisotopic (exact) mass is 1220 g/mol. The van der Waals surface area contributed by atoms with Gasteiger partial charge in [-0.25, -0.2) is 26.3 Å². The van der Waals surface area contributed by atoms with E-state index in [0.29, 0.717) is 85.4 Å². The number of aryl methyl sites for hydroxylation is 2. The summed E-state index contributed by atoms with van der Waals surface area (Å²) < 4.78 is 70.3. The Morgan fingerprint density at radius 3 is 1.33 bits per heavy atom. The Labute approximate surface area is 504 Å². The van der Waals surface area contributed by atoms with Crippen LogP contribution in [0.1, 0.15) is 133 Å². The number of aliphatic hydroxyl groups is 2. The van der Waals surface area contributed by atoms with E-state index >= 15 is 0 Å². The lowest BCUT2D eigenvalue weighted by Crippen LogP contribution is -2.49. The number of allylic oxidation sites excluding steroid dienone is 2. The zero-order chi connectivity index (χ0) is 58.1. The molecule has 4 aromatic carbocycles. The highest BCUT2D eigenvalue weighted by Gasteiger charge is 2.47. The van der Waals surface area contributed by atoms with Gasteiger partial charge in [0.25, 0.3) is 11.8 Å². The smallest absolute Gasteiger partial charge is 0.264 e. The molecule has 4 bridgehead atoms. The molecule has 0 unspecified atom stereocenters. The minimum atomic E-state index is -3.84. The fraction of sp³-hybridized carbons (Fsp3) is 0.545. The number of anilines is 2. The van der Waals surface area contributed by atoms with Crippen molar-refractivity contribution in [1.82, 2.24) is 9.44 Å². The van der Waals surface area contributed by atoms with Crippen molar-refractivity contribution in [2.75, 3.05) is 60.7 Å². The Morgan fingerprint density at radius 2 is 0.940 bits per heavy atom. The summed E-state index contributed by atoms with van der Waals surface area (Å²) in [7, 11) is -7.67. The van der Waals surface area contributed by atoms with Crippen LogP contribution in [0, 0.1) is 47.3 Å². The predicted molar refractivity (Wildman–Crippen MR) is 327 cm³/mol. The maximum absolute atomic E-state index is 13.3. The van der Waals surface area contributed by atoms with Gasteiger partial charge >= 0.3 is 0 Å². The standard InChI is InChI=1S/2C33H39ClN2O5S/c2*34-26-10-12-28-22(15-26)4-2-14-33(28)19-36-17-24-8-11-27(24)30(37)5-1-3-25(21-6-7-21)18-42(39,40)35-32(38)23-9-13-31(41-20-33)29(36)16-23/h2*1,5,9-10,12-13,15-16,21,24-25,27,30,37H,2-4,6-8,11,14,17-20H2,(H,35,38)/b2*5-1+/t24-,25+,27+,30-,33-;24-,25-,27+,30-,33-/m00/s1. The van der Waals surface area contributed by atoms with E-state index in [2.05, 4.69) is 43.5 Å². The first kappa shape index (κ1) is 57.9. The minimum Gasteiger partial charge on any atom is -0.490 e. The maximum Gasteiger partial charge on any atom is 0.264 e. The summed E-state index contributed by atoms with van der Waals surface area (Å²) in [6.45, 7) is 3.88. The van der Waals surface area contributed by atoms with Crippen molar-refractivity contribution >= 4 is 66.4 Å². The van der Waals surface area contributed by atoms with Crippen molar-refractivity contribution in [2.45, 2.75) is 126 Å². The van der Waals surface area contributed by atoms with Gasteiger partial charge in [0.15, 0.2) is 0 Å². The Kier molecular flexibility index (Phi) is 16.0. The Morgan fingerprint density at radius 1 is 0.524 bits per heavy atom. The van der Waals surface area contributed by atoms with Gasteiger partial charge in [0.2, 0.25) is 20.0 Å². The molecule has 14 rings (SSSR count). The van der Waals surface area contributed by atoms with Crippen LogP contribution in [-0.2, 0) is 43.7 Å². The number of hydrogen-bond acceptors (Lipinski definition) is 12. The lowest BCUT2D eigenvalue weighted by atomic mass is 9.68. The van der Waals surface area contributed by atoms with Crippen molar-refractivity contribution in [3.05, 3.63) is 141 Å². The summed E-state index contributed by atoms with van der Waals surface area (Å²) in [5, 5.41) is 23.9. The van der Waals surface area contributed by atoms with E-state index in [-0.39, 0.29) is 46.0 Å². The fourth-order valence-electron chi connectivity index (χ4n) is 15.7. The molecule has 4 saturated carbocycles. The van der Waals surface area contributed by atoms with Gasteiger partial charge in [0.05, 0.1) is 48.3 Å². The van der Waals surface area contributed by atoms with Crippen LogP contribution in [0.3, 0.4) is 0 Å². The van der Waals surface area contributed by atoms with Gasteiger partial charge in [0.1, 0.15) is 11.5 Å². The highest BCUT2D eigenvalue weighted by molar-refractivity contribution is 7.90. The van der Waals surface area contributed by atoms with Gasteiger partial charge in [-0.05, 0) is 233 Å². The molecule has 0 aromatic heterocycles. The van der Waals surface area contributed by atoms with Crippen LogP contribution in [0.5, 0.6) is 11.5 Å². The number of benzene rings is 4. The van der Waals surface area contributed by atoms with Gasteiger partial charge in [-0.2, -0.15) is 0 Å². The second kappa shape index (κ2) is 23.2. The lowest BCUT2D eigenvalue weighted by molar-refractivity contribution is 0.0454. The fourth-order valence-corrected chi connectivity index (χ4v) is 19.0. The lowest BCUT2D eigenvalue weighted by Gasteiger charge is -2.45. The number of fused-ring (bicyclic) bond motifs is 8. The predicted octanol–water partition coefficient (Wildman–Crippen LogP) is 10.5. The first-order chi connectivity index (χ1) is 40.4. The van der Waals surface area contributed by atoms with Gasteiger partial charge in [0, 0.05) is 58.2 Å². The molecule has 14 nitrogen and oxygen atoms in total. The number of halogens is 2. The minimum absolute atomic E-state index is 0.0655. The molecule has 0 radical (unpaired) electrons. The van der Waals surface area contributed by atoms with Crippen LogP contribution in [0.2, 0.25) is 10.0 Å². The molecule has 2 spiro atoms. The molecular weight excluding hydrogens is 1140 g/mol. The largest absolute Gasteiger partial charge is 0.490 e. The second-order valence-corrected chi connectivity index (χ2v) is 30.9. The molecule has 10 atom stereocenters. The summed E-state index contributed by atoms with van der Waals surface area (Å²) in [5.74, 6) is 1.42.